The predicted octanol–water partition coefficient (Wildman–Crippen LogP) is -2.81. The van der Waals surface area contributed by atoms with Crippen molar-refractivity contribution in [1.29, 1.82) is 0 Å². The van der Waals surface area contributed by atoms with Crippen molar-refractivity contribution < 1.29 is 53.3 Å². The van der Waals surface area contributed by atoms with Crippen LogP contribution < -0.4 is 29.6 Å². The molecule has 1 N–H and O–H groups in total. The first-order chi connectivity index (χ1) is 3.13. The summed E-state index contributed by atoms with van der Waals surface area (Å²) in [7, 11) is 0. The van der Waals surface area contributed by atoms with Gasteiger partial charge in [0.05, 0.1) is 0 Å². The molecule has 0 aromatic carbocycles. The van der Waals surface area contributed by atoms with Gasteiger partial charge in [0.15, 0.2) is 0 Å². The summed E-state index contributed by atoms with van der Waals surface area (Å²) in [5.41, 5.74) is 0. The number of rotatable bonds is 0. The molecule has 0 aliphatic rings. The molecule has 0 aliphatic carbocycles. The van der Waals surface area contributed by atoms with E-state index in [2.05, 4.69) is 4.74 Å². The first-order valence-corrected chi connectivity index (χ1v) is 1.54. The molecule has 0 heterocycles. The fraction of sp³-hybridized carbons (Fsp3) is 0.333. The summed E-state index contributed by atoms with van der Waals surface area (Å²) < 4.78 is 3.53. The van der Waals surface area contributed by atoms with Crippen molar-refractivity contribution in [3.05, 3.63) is 0 Å². The number of carbonyl (C=O) groups is 2. The molecular weight excluding hydrogens is 163 g/mol. The van der Waals surface area contributed by atoms with Crippen molar-refractivity contribution in [2.75, 3.05) is 0 Å². The van der Waals surface area contributed by atoms with Gasteiger partial charge in [-0.25, -0.2) is 4.79 Å². The van der Waals surface area contributed by atoms with E-state index in [1.54, 1.807) is 0 Å². The second-order valence-electron chi connectivity index (χ2n) is 0.860. The zero-order valence-electron chi connectivity index (χ0n) is 8.38. The Bertz CT molecular complexity index is 102. The van der Waals surface area contributed by atoms with Gasteiger partial charge in [0, 0.05) is 6.92 Å². The Balaban J connectivity index is -0.0000000180. The van der Waals surface area contributed by atoms with E-state index in [0.717, 1.165) is 6.92 Å². The minimum atomic E-state index is -1.56. The molecule has 4 nitrogen and oxygen atoms in total. The molecule has 9 heavy (non-hydrogen) atoms. The third-order valence-electron chi connectivity index (χ3n) is 0.231. The van der Waals surface area contributed by atoms with Gasteiger partial charge in [0.2, 0.25) is 0 Å². The van der Waals surface area contributed by atoms with Crippen molar-refractivity contribution in [2.24, 2.45) is 0 Å². The van der Waals surface area contributed by atoms with E-state index in [1.807, 2.05) is 0 Å². The normalized spacial score (nSPS) is 5.89. The monoisotopic (exact) mass is 170 g/mol. The van der Waals surface area contributed by atoms with E-state index in [4.69, 9.17) is 5.11 Å². The van der Waals surface area contributed by atoms with E-state index in [-0.39, 0.29) is 71.6 Å². The number of carbonyl (C=O) groups excluding carboxylic acids is 1. The number of ether oxygens (including phenoxy) is 1. The number of hydrogen-bond acceptors (Lipinski definition) is 3. The van der Waals surface area contributed by atoms with Crippen molar-refractivity contribution in [1.82, 2.24) is 0 Å². The van der Waals surface area contributed by atoms with Crippen LogP contribution in [0.25, 0.3) is 0 Å². The Kier molecular flexibility index (Phi) is 17.0. The van der Waals surface area contributed by atoms with E-state index in [9.17, 15) is 9.59 Å². The Morgan fingerprint density at radius 2 is 1.89 bits per heavy atom. The van der Waals surface area contributed by atoms with Gasteiger partial charge in [-0.1, -0.05) is 0 Å². The van der Waals surface area contributed by atoms with Gasteiger partial charge in [0.25, 0.3) is 0 Å². The van der Waals surface area contributed by atoms with Crippen molar-refractivity contribution >= 4 is 49.9 Å². The Morgan fingerprint density at radius 3 is 1.89 bits per heavy atom. The van der Waals surface area contributed by atoms with Crippen LogP contribution in [0, 0.1) is 0 Å². The summed E-state index contributed by atoms with van der Waals surface area (Å²) >= 11 is 0. The standard InChI is InChI=1S/C3H4O4.Ca.Na.3H/c1-2(4)7-3(5)6;;;;;/h1H3,(H,5,6);;;;;/q;+2;+1;3*-1. The molecule has 0 aliphatic heterocycles. The second kappa shape index (κ2) is 9.20. The molecule has 0 amide bonds. The maximum atomic E-state index is 9.65. The molecule has 0 bridgehead atoms. The zero-order chi connectivity index (χ0) is 5.86. The molecule has 0 saturated carbocycles. The van der Waals surface area contributed by atoms with Gasteiger partial charge >= 0.3 is 79.4 Å². The van der Waals surface area contributed by atoms with Crippen LogP contribution in [-0.4, -0.2) is 55.0 Å². The summed E-state index contributed by atoms with van der Waals surface area (Å²) in [5.74, 6) is -0.812. The van der Waals surface area contributed by atoms with Crippen LogP contribution in [0.5, 0.6) is 0 Å². The zero-order valence-corrected chi connectivity index (χ0v) is 9.59. The van der Waals surface area contributed by atoms with E-state index in [0.29, 0.717) is 0 Å². The van der Waals surface area contributed by atoms with Gasteiger partial charge in [-0.2, -0.15) is 0 Å². The minimum Gasteiger partial charge on any atom is -1.00 e. The maximum Gasteiger partial charge on any atom is 2.00 e. The van der Waals surface area contributed by atoms with Crippen LogP contribution in [0.4, 0.5) is 4.79 Å². The largest absolute Gasteiger partial charge is 2.00 e. The van der Waals surface area contributed by atoms with Gasteiger partial charge < -0.3 is 14.1 Å². The van der Waals surface area contributed by atoms with Crippen LogP contribution in [0.15, 0.2) is 0 Å². The van der Waals surface area contributed by atoms with Gasteiger partial charge in [-0.15, -0.1) is 0 Å². The Hall–Kier alpha value is 1.20. The third kappa shape index (κ3) is 17.6. The van der Waals surface area contributed by atoms with Gasteiger partial charge in [-0.05, 0) is 0 Å². The molecule has 0 atom stereocenters. The Morgan fingerprint density at radius 1 is 1.56 bits per heavy atom. The molecule has 0 fully saturated rings. The quantitative estimate of drug-likeness (QED) is 0.242. The molecule has 0 radical (unpaired) electrons. The van der Waals surface area contributed by atoms with Crippen LogP contribution >= 0.6 is 0 Å². The number of esters is 1. The first-order valence-electron chi connectivity index (χ1n) is 1.54. The Labute approximate surface area is 109 Å². The summed E-state index contributed by atoms with van der Waals surface area (Å²) in [6.07, 6.45) is -1.56. The summed E-state index contributed by atoms with van der Waals surface area (Å²) in [4.78, 5) is 19.0. The SMILES string of the molecule is CC(=O)OC(=O)O.[Ca+2].[H-].[H-].[H-].[Na+]. The summed E-state index contributed by atoms with van der Waals surface area (Å²) in [5, 5.41) is 7.64. The van der Waals surface area contributed by atoms with Gasteiger partial charge in [-0.3, -0.25) is 4.79 Å². The van der Waals surface area contributed by atoms with Crippen molar-refractivity contribution in [2.45, 2.75) is 6.92 Å². The topological polar surface area (TPSA) is 63.6 Å². The molecule has 46 valence electrons. The van der Waals surface area contributed by atoms with E-state index >= 15 is 0 Å². The minimum absolute atomic E-state index is 0. The van der Waals surface area contributed by atoms with E-state index in [1.165, 1.54) is 0 Å². The van der Waals surface area contributed by atoms with E-state index < -0.39 is 12.1 Å². The number of carboxylic acid groups (broad SMARTS) is 1. The fourth-order valence-electron chi connectivity index (χ4n) is 0.123. The van der Waals surface area contributed by atoms with Crippen LogP contribution in [-0.2, 0) is 9.53 Å². The third-order valence-corrected chi connectivity index (χ3v) is 0.231. The molecule has 0 rings (SSSR count). The molecular formula is C3H7CaNaO4. The molecule has 6 heteroatoms. The molecule has 0 spiro atoms. The average molecular weight is 170 g/mol. The molecule has 0 aromatic heterocycles. The molecule has 0 aromatic rings. The second-order valence-corrected chi connectivity index (χ2v) is 0.860. The van der Waals surface area contributed by atoms with Crippen molar-refractivity contribution in [3.8, 4) is 0 Å². The summed E-state index contributed by atoms with van der Waals surface area (Å²) in [6.45, 7) is 1.02. The van der Waals surface area contributed by atoms with Gasteiger partial charge in [0.1, 0.15) is 0 Å². The summed E-state index contributed by atoms with van der Waals surface area (Å²) in [6, 6.07) is 0. The average Bonchev–Trinajstić information content (AvgIpc) is 1.27. The number of hydrogen-bond donors (Lipinski definition) is 1. The maximum absolute atomic E-state index is 9.65. The predicted molar refractivity (Wildman–Crippen MR) is 28.9 cm³/mol. The van der Waals surface area contributed by atoms with Crippen LogP contribution in [0.3, 0.4) is 0 Å². The first kappa shape index (κ1) is 16.7. The fourth-order valence-corrected chi connectivity index (χ4v) is 0.123. The molecule has 0 unspecified atom stereocenters. The smallest absolute Gasteiger partial charge is 1.00 e. The van der Waals surface area contributed by atoms with Crippen molar-refractivity contribution in [3.63, 3.8) is 0 Å². The van der Waals surface area contributed by atoms with Crippen LogP contribution in [0.2, 0.25) is 0 Å². The molecule has 0 saturated heterocycles. The van der Waals surface area contributed by atoms with Crippen LogP contribution in [0.1, 0.15) is 11.2 Å².